The van der Waals surface area contributed by atoms with Crippen molar-refractivity contribution in [1.29, 1.82) is 0 Å². The molecule has 1 N–H and O–H groups in total. The molecular weight excluding hydrogens is 440 g/mol. The van der Waals surface area contributed by atoms with Gasteiger partial charge in [-0.05, 0) is 42.5 Å². The molecule has 0 saturated heterocycles. The fourth-order valence-corrected chi connectivity index (χ4v) is 4.07. The lowest BCUT2D eigenvalue weighted by Gasteiger charge is -2.26. The third-order valence-electron chi connectivity index (χ3n) is 5.37. The number of hydrogen-bond donors (Lipinski definition) is 1. The van der Waals surface area contributed by atoms with Crippen molar-refractivity contribution in [3.63, 3.8) is 0 Å². The van der Waals surface area contributed by atoms with Gasteiger partial charge in [-0.25, -0.2) is 5.43 Å². The van der Waals surface area contributed by atoms with Gasteiger partial charge in [0.05, 0.1) is 24.3 Å². The summed E-state index contributed by atoms with van der Waals surface area (Å²) in [4.78, 5) is 13.1. The fourth-order valence-electron chi connectivity index (χ4n) is 3.81. The van der Waals surface area contributed by atoms with Crippen molar-refractivity contribution in [2.45, 2.75) is 5.92 Å². The molecule has 3 aromatic carbocycles. The van der Waals surface area contributed by atoms with E-state index in [0.717, 1.165) is 16.7 Å². The lowest BCUT2D eigenvalue weighted by atomic mass is 9.87. The average Bonchev–Trinajstić information content (AvgIpc) is 3.31. The summed E-state index contributed by atoms with van der Waals surface area (Å²) in [6, 6.07) is 24.0. The Morgan fingerprint density at radius 3 is 2.36 bits per heavy atom. The number of carbonyl (C=O) groups excluding carboxylic acids is 1. The zero-order chi connectivity index (χ0) is 22.8. The van der Waals surface area contributed by atoms with Crippen LogP contribution in [0.25, 0.3) is 11.3 Å². The molecule has 7 heteroatoms. The van der Waals surface area contributed by atoms with Crippen LogP contribution in [0.5, 0.6) is 17.2 Å². The van der Waals surface area contributed by atoms with Gasteiger partial charge < -0.3 is 13.9 Å². The molecule has 0 fully saturated rings. The molecule has 1 aliphatic heterocycles. The Morgan fingerprint density at radius 2 is 1.70 bits per heavy atom. The van der Waals surface area contributed by atoms with E-state index in [4.69, 9.17) is 25.5 Å². The first kappa shape index (κ1) is 20.8. The number of halogens is 1. The second-order valence-corrected chi connectivity index (χ2v) is 7.80. The molecule has 5 rings (SSSR count). The van der Waals surface area contributed by atoms with E-state index in [1.165, 1.54) is 6.21 Å². The number of fused-ring (bicyclic) bond motifs is 2. The van der Waals surface area contributed by atoms with Gasteiger partial charge in [0.25, 0.3) is 5.91 Å². The van der Waals surface area contributed by atoms with Crippen LogP contribution in [0.4, 0.5) is 0 Å². The highest BCUT2D eigenvalue weighted by atomic mass is 35.5. The van der Waals surface area contributed by atoms with Crippen LogP contribution in [0.3, 0.4) is 0 Å². The highest BCUT2D eigenvalue weighted by Gasteiger charge is 2.32. The number of carbonyl (C=O) groups is 1. The molecule has 1 aliphatic rings. The number of ether oxygens (including phenoxy) is 2. The van der Waals surface area contributed by atoms with E-state index in [1.54, 1.807) is 25.3 Å². The minimum Gasteiger partial charge on any atom is -0.495 e. The molecule has 33 heavy (non-hydrogen) atoms. The Morgan fingerprint density at radius 1 is 1.00 bits per heavy atom. The maximum Gasteiger partial charge on any atom is 0.252 e. The zero-order valence-electron chi connectivity index (χ0n) is 17.6. The predicted octanol–water partition coefficient (Wildman–Crippen LogP) is 6.00. The van der Waals surface area contributed by atoms with Crippen LogP contribution in [0, 0.1) is 0 Å². The van der Waals surface area contributed by atoms with Crippen molar-refractivity contribution >= 4 is 23.7 Å². The molecule has 164 valence electrons. The molecule has 1 aromatic heterocycles. The first-order valence-electron chi connectivity index (χ1n) is 10.3. The van der Waals surface area contributed by atoms with Crippen LogP contribution in [-0.4, -0.2) is 19.2 Å². The summed E-state index contributed by atoms with van der Waals surface area (Å²) >= 11 is 6.20. The Balaban J connectivity index is 1.33. The van der Waals surface area contributed by atoms with Crippen molar-refractivity contribution < 1.29 is 18.7 Å². The summed E-state index contributed by atoms with van der Waals surface area (Å²) < 4.78 is 16.9. The minimum absolute atomic E-state index is 0.261. The molecule has 0 saturated carbocycles. The summed E-state index contributed by atoms with van der Waals surface area (Å²) in [5.41, 5.74) is 5.02. The summed E-state index contributed by atoms with van der Waals surface area (Å²) in [7, 11) is 1.56. The van der Waals surface area contributed by atoms with Crippen molar-refractivity contribution in [2.24, 2.45) is 5.10 Å². The van der Waals surface area contributed by atoms with E-state index in [2.05, 4.69) is 10.5 Å². The van der Waals surface area contributed by atoms with E-state index >= 15 is 0 Å². The van der Waals surface area contributed by atoms with E-state index in [-0.39, 0.29) is 5.91 Å². The number of benzene rings is 3. The Hall–Kier alpha value is -4.03. The Labute approximate surface area is 195 Å². The molecular formula is C26H19ClN2O4. The second-order valence-electron chi connectivity index (χ2n) is 7.40. The van der Waals surface area contributed by atoms with E-state index < -0.39 is 5.92 Å². The first-order valence-corrected chi connectivity index (χ1v) is 10.6. The highest BCUT2D eigenvalue weighted by molar-refractivity contribution is 6.32. The SMILES string of the molecule is COc1ccc(-c2ccc(C=NNC(=O)C3c4ccccc4Oc4ccccc43)o2)cc1Cl. The zero-order valence-corrected chi connectivity index (χ0v) is 18.4. The Kier molecular flexibility index (Phi) is 5.59. The van der Waals surface area contributed by atoms with Crippen LogP contribution < -0.4 is 14.9 Å². The van der Waals surface area contributed by atoms with Crippen LogP contribution in [0.1, 0.15) is 22.8 Å². The number of nitrogens with one attached hydrogen (secondary N) is 1. The lowest BCUT2D eigenvalue weighted by Crippen LogP contribution is -2.28. The quantitative estimate of drug-likeness (QED) is 0.294. The van der Waals surface area contributed by atoms with Crippen LogP contribution in [0.15, 0.2) is 88.4 Å². The monoisotopic (exact) mass is 458 g/mol. The summed E-state index contributed by atoms with van der Waals surface area (Å²) in [5, 5.41) is 4.60. The van der Waals surface area contributed by atoms with Gasteiger partial charge in [0, 0.05) is 16.7 Å². The molecule has 1 amide bonds. The number of hydrogen-bond acceptors (Lipinski definition) is 5. The van der Waals surface area contributed by atoms with Gasteiger partial charge in [0.15, 0.2) is 0 Å². The van der Waals surface area contributed by atoms with Gasteiger partial charge in [0.1, 0.15) is 28.8 Å². The maximum atomic E-state index is 13.1. The van der Waals surface area contributed by atoms with Crippen molar-refractivity contribution in [2.75, 3.05) is 7.11 Å². The molecule has 0 bridgehead atoms. The van der Waals surface area contributed by atoms with Gasteiger partial charge in [-0.2, -0.15) is 5.10 Å². The molecule has 0 atom stereocenters. The van der Waals surface area contributed by atoms with Crippen LogP contribution >= 0.6 is 11.6 Å². The smallest absolute Gasteiger partial charge is 0.252 e. The molecule has 4 aromatic rings. The number of rotatable bonds is 5. The van der Waals surface area contributed by atoms with Gasteiger partial charge in [-0.15, -0.1) is 0 Å². The van der Waals surface area contributed by atoms with Gasteiger partial charge in [-0.3, -0.25) is 4.79 Å². The van der Waals surface area contributed by atoms with E-state index in [1.807, 2.05) is 60.7 Å². The number of para-hydroxylation sites is 2. The molecule has 0 aliphatic carbocycles. The standard InChI is InChI=1S/C26H19ClN2O4/c1-31-24-12-10-16(14-20(24)27)21-13-11-17(32-21)15-28-29-26(30)25-18-6-2-4-8-22(18)33-23-9-5-3-7-19(23)25/h2-15,25H,1H3,(H,29,30). The average molecular weight is 459 g/mol. The summed E-state index contributed by atoms with van der Waals surface area (Å²) in [6.45, 7) is 0. The van der Waals surface area contributed by atoms with Crippen molar-refractivity contribution in [1.82, 2.24) is 5.43 Å². The molecule has 0 spiro atoms. The van der Waals surface area contributed by atoms with E-state index in [9.17, 15) is 4.79 Å². The largest absolute Gasteiger partial charge is 0.495 e. The van der Waals surface area contributed by atoms with Gasteiger partial charge >= 0.3 is 0 Å². The maximum absolute atomic E-state index is 13.1. The molecule has 2 heterocycles. The molecule has 6 nitrogen and oxygen atoms in total. The third kappa shape index (κ3) is 4.08. The summed E-state index contributed by atoms with van der Waals surface area (Å²) in [5.74, 6) is 2.24. The normalized spacial score (nSPS) is 12.7. The number of hydrazone groups is 1. The molecule has 0 unspecified atom stereocenters. The first-order chi connectivity index (χ1) is 16.1. The number of amides is 1. The van der Waals surface area contributed by atoms with Gasteiger partial charge in [-0.1, -0.05) is 48.0 Å². The van der Waals surface area contributed by atoms with Crippen molar-refractivity contribution in [3.05, 3.63) is 101 Å². The number of methoxy groups -OCH3 is 1. The van der Waals surface area contributed by atoms with Crippen LogP contribution in [0.2, 0.25) is 5.02 Å². The topological polar surface area (TPSA) is 73.1 Å². The van der Waals surface area contributed by atoms with Crippen LogP contribution in [-0.2, 0) is 4.79 Å². The minimum atomic E-state index is -0.531. The van der Waals surface area contributed by atoms with Gasteiger partial charge in [0.2, 0.25) is 0 Å². The number of furan rings is 1. The van der Waals surface area contributed by atoms with E-state index in [0.29, 0.717) is 33.8 Å². The highest BCUT2D eigenvalue weighted by Crippen LogP contribution is 2.43. The predicted molar refractivity (Wildman–Crippen MR) is 126 cm³/mol. The van der Waals surface area contributed by atoms with Crippen molar-refractivity contribution in [3.8, 4) is 28.6 Å². The fraction of sp³-hybridized carbons (Fsp3) is 0.0769. The Bertz CT molecular complexity index is 1320. The third-order valence-corrected chi connectivity index (χ3v) is 5.67. The lowest BCUT2D eigenvalue weighted by molar-refractivity contribution is -0.121. The number of nitrogens with zero attached hydrogens (tertiary/aromatic N) is 1. The summed E-state index contributed by atoms with van der Waals surface area (Å²) in [6.07, 6.45) is 1.46. The molecule has 0 radical (unpaired) electrons. The second kappa shape index (κ2) is 8.84.